The number of fused-ring (bicyclic) bond motifs is 1. The van der Waals surface area contributed by atoms with E-state index < -0.39 is 23.7 Å². The highest BCUT2D eigenvalue weighted by molar-refractivity contribution is 6.07. The van der Waals surface area contributed by atoms with Crippen molar-refractivity contribution in [3.8, 4) is 11.4 Å². The first kappa shape index (κ1) is 27.2. The standard InChI is InChI=1S/C27H23F3N8O3/c1-15-31-8-9-38(15)22-5-4-16(10-21(22)27(28,29)30)25(39)35-17-11-18(13-19(12-17)41-3)36-26(40)37(2)24-20-6-7-32-23(20)33-14-34-24/h4-14H,1-3H3,(H,35,39)(H,36,40)(H,32,33,34). The molecule has 0 saturated carbocycles. The van der Waals surface area contributed by atoms with Crippen LogP contribution in [0.5, 0.6) is 5.75 Å². The number of aryl methyl sites for hydroxylation is 1. The van der Waals surface area contributed by atoms with Crippen LogP contribution < -0.4 is 20.3 Å². The fraction of sp³-hybridized carbons (Fsp3) is 0.148. The first-order chi connectivity index (χ1) is 19.5. The minimum atomic E-state index is -4.72. The van der Waals surface area contributed by atoms with Crippen molar-refractivity contribution in [2.45, 2.75) is 13.1 Å². The Bertz CT molecular complexity index is 1760. The largest absolute Gasteiger partial charge is 0.497 e. The summed E-state index contributed by atoms with van der Waals surface area (Å²) in [6.45, 7) is 1.58. The Morgan fingerprint density at radius 1 is 1.02 bits per heavy atom. The van der Waals surface area contributed by atoms with Gasteiger partial charge in [0.2, 0.25) is 0 Å². The van der Waals surface area contributed by atoms with Crippen LogP contribution in [0.2, 0.25) is 0 Å². The summed E-state index contributed by atoms with van der Waals surface area (Å²) in [6.07, 6.45) is 1.08. The van der Waals surface area contributed by atoms with Crippen molar-refractivity contribution in [2.24, 2.45) is 0 Å². The highest BCUT2D eigenvalue weighted by atomic mass is 19.4. The van der Waals surface area contributed by atoms with Crippen molar-refractivity contribution >= 4 is 40.2 Å². The van der Waals surface area contributed by atoms with E-state index in [4.69, 9.17) is 4.74 Å². The average Bonchev–Trinajstić information content (AvgIpc) is 3.60. The zero-order valence-corrected chi connectivity index (χ0v) is 21.9. The molecule has 41 heavy (non-hydrogen) atoms. The van der Waals surface area contributed by atoms with Crippen LogP contribution in [-0.2, 0) is 6.18 Å². The lowest BCUT2D eigenvalue weighted by Gasteiger charge is -2.19. The van der Waals surface area contributed by atoms with Gasteiger partial charge in [0.25, 0.3) is 5.91 Å². The Morgan fingerprint density at radius 2 is 1.78 bits per heavy atom. The number of amides is 3. The maximum Gasteiger partial charge on any atom is 0.418 e. The van der Waals surface area contributed by atoms with Crippen LogP contribution in [0.4, 0.5) is 35.2 Å². The number of ether oxygens (including phenoxy) is 1. The van der Waals surface area contributed by atoms with Crippen LogP contribution in [0, 0.1) is 6.92 Å². The second-order valence-corrected chi connectivity index (χ2v) is 8.90. The first-order valence-electron chi connectivity index (χ1n) is 12.1. The summed E-state index contributed by atoms with van der Waals surface area (Å²) in [7, 11) is 2.93. The molecule has 14 heteroatoms. The molecule has 5 rings (SSSR count). The monoisotopic (exact) mass is 564 g/mol. The number of nitrogens with zero attached hydrogens (tertiary/aromatic N) is 5. The lowest BCUT2D eigenvalue weighted by atomic mass is 10.1. The minimum absolute atomic E-state index is 0.153. The molecular formula is C27H23F3N8O3. The number of carbonyl (C=O) groups excluding carboxylic acids is 2. The Balaban J connectivity index is 1.39. The fourth-order valence-corrected chi connectivity index (χ4v) is 4.24. The molecule has 210 valence electrons. The highest BCUT2D eigenvalue weighted by Crippen LogP contribution is 2.35. The number of hydrogen-bond acceptors (Lipinski definition) is 6. The van der Waals surface area contributed by atoms with Gasteiger partial charge in [-0.15, -0.1) is 0 Å². The minimum Gasteiger partial charge on any atom is -0.497 e. The number of carbonyl (C=O) groups is 2. The van der Waals surface area contributed by atoms with Crippen LogP contribution >= 0.6 is 0 Å². The van der Waals surface area contributed by atoms with Crippen molar-refractivity contribution < 1.29 is 27.5 Å². The number of aromatic amines is 1. The molecule has 3 N–H and O–H groups in total. The van der Waals surface area contributed by atoms with E-state index in [0.29, 0.717) is 22.7 Å². The summed E-state index contributed by atoms with van der Waals surface area (Å²) in [5.41, 5.74) is -0.355. The number of H-pyrrole nitrogens is 1. The van der Waals surface area contributed by atoms with E-state index in [0.717, 1.165) is 6.07 Å². The van der Waals surface area contributed by atoms with Crippen LogP contribution in [-0.4, -0.2) is 50.6 Å². The van der Waals surface area contributed by atoms with Gasteiger partial charge in [-0.3, -0.25) is 9.69 Å². The summed E-state index contributed by atoms with van der Waals surface area (Å²) >= 11 is 0. The third-order valence-corrected chi connectivity index (χ3v) is 6.26. The van der Waals surface area contributed by atoms with Crippen molar-refractivity contribution in [3.63, 3.8) is 0 Å². The quantitative estimate of drug-likeness (QED) is 0.253. The molecule has 2 aromatic carbocycles. The van der Waals surface area contributed by atoms with E-state index in [2.05, 4.69) is 30.6 Å². The third-order valence-electron chi connectivity index (χ3n) is 6.26. The van der Waals surface area contributed by atoms with Gasteiger partial charge in [-0.2, -0.15) is 13.2 Å². The molecule has 0 spiro atoms. The maximum atomic E-state index is 13.9. The summed E-state index contributed by atoms with van der Waals surface area (Å²) in [4.78, 5) is 42.6. The molecule has 0 aliphatic carbocycles. The number of imidazole rings is 1. The number of methoxy groups -OCH3 is 1. The number of aromatic nitrogens is 5. The predicted octanol–water partition coefficient (Wildman–Crippen LogP) is 5.40. The average molecular weight is 565 g/mol. The van der Waals surface area contributed by atoms with Crippen molar-refractivity contribution in [2.75, 3.05) is 29.7 Å². The van der Waals surface area contributed by atoms with Gasteiger partial charge in [-0.05, 0) is 37.3 Å². The summed E-state index contributed by atoms with van der Waals surface area (Å²) in [5, 5.41) is 5.92. The van der Waals surface area contributed by atoms with Crippen molar-refractivity contribution in [3.05, 3.63) is 84.3 Å². The van der Waals surface area contributed by atoms with Crippen LogP contribution in [0.25, 0.3) is 16.7 Å². The number of hydrogen-bond donors (Lipinski definition) is 3. The van der Waals surface area contributed by atoms with Crippen molar-refractivity contribution in [1.82, 2.24) is 24.5 Å². The molecule has 0 unspecified atom stereocenters. The molecule has 0 fully saturated rings. The molecule has 3 aromatic heterocycles. The normalized spacial score (nSPS) is 11.4. The summed E-state index contributed by atoms with van der Waals surface area (Å²) in [6, 6.07) is 8.93. The number of benzene rings is 2. The number of alkyl halides is 3. The molecule has 5 aromatic rings. The predicted molar refractivity (Wildman–Crippen MR) is 146 cm³/mol. The second kappa shape index (κ2) is 10.6. The van der Waals surface area contributed by atoms with E-state index in [1.807, 2.05) is 0 Å². The Morgan fingerprint density at radius 3 is 2.46 bits per heavy atom. The smallest absolute Gasteiger partial charge is 0.418 e. The van der Waals surface area contributed by atoms with Gasteiger partial charge in [0.05, 0.1) is 23.7 Å². The molecule has 11 nitrogen and oxygen atoms in total. The van der Waals surface area contributed by atoms with Crippen molar-refractivity contribution in [1.29, 1.82) is 0 Å². The second-order valence-electron chi connectivity index (χ2n) is 8.90. The maximum absolute atomic E-state index is 13.9. The zero-order chi connectivity index (χ0) is 29.3. The van der Waals surface area contributed by atoms with E-state index >= 15 is 0 Å². The number of rotatable bonds is 6. The first-order valence-corrected chi connectivity index (χ1v) is 12.1. The number of halogens is 3. The van der Waals surface area contributed by atoms with Gasteiger partial charge in [0.1, 0.15) is 29.4 Å². The number of urea groups is 1. The molecule has 0 atom stereocenters. The summed E-state index contributed by atoms with van der Waals surface area (Å²) < 4.78 is 48.4. The topological polar surface area (TPSA) is 130 Å². The lowest BCUT2D eigenvalue weighted by Crippen LogP contribution is -2.32. The highest BCUT2D eigenvalue weighted by Gasteiger charge is 2.35. The molecule has 0 bridgehead atoms. The van der Waals surface area contributed by atoms with Gasteiger partial charge in [0.15, 0.2) is 0 Å². The van der Waals surface area contributed by atoms with Gasteiger partial charge in [-0.25, -0.2) is 19.7 Å². The van der Waals surface area contributed by atoms with E-state index in [9.17, 15) is 22.8 Å². The molecule has 0 aliphatic heterocycles. The number of anilines is 3. The van der Waals surface area contributed by atoms with Gasteiger partial charge < -0.3 is 24.9 Å². The fourth-order valence-electron chi connectivity index (χ4n) is 4.24. The van der Waals surface area contributed by atoms with Gasteiger partial charge in [-0.1, -0.05) is 0 Å². The Kier molecular flexibility index (Phi) is 7.05. The molecular weight excluding hydrogens is 541 g/mol. The van der Waals surface area contributed by atoms with Gasteiger partial charge in [0, 0.05) is 54.7 Å². The van der Waals surface area contributed by atoms with Crippen LogP contribution in [0.3, 0.4) is 0 Å². The molecule has 3 amide bonds. The number of nitrogens with one attached hydrogen (secondary N) is 3. The molecule has 3 heterocycles. The molecule has 0 aliphatic rings. The van der Waals surface area contributed by atoms with Crippen LogP contribution in [0.15, 0.2) is 67.4 Å². The van der Waals surface area contributed by atoms with E-state index in [1.165, 1.54) is 72.7 Å². The van der Waals surface area contributed by atoms with Crippen LogP contribution in [0.1, 0.15) is 21.7 Å². The molecule has 0 radical (unpaired) electrons. The van der Waals surface area contributed by atoms with Gasteiger partial charge >= 0.3 is 12.2 Å². The zero-order valence-electron chi connectivity index (χ0n) is 21.9. The summed E-state index contributed by atoms with van der Waals surface area (Å²) in [5.74, 6) is 0.224. The Labute approximate surface area is 231 Å². The van der Waals surface area contributed by atoms with E-state index in [1.54, 1.807) is 19.2 Å². The molecule has 0 saturated heterocycles. The SMILES string of the molecule is COc1cc(NC(=O)c2ccc(-n3ccnc3C)c(C(F)(F)F)c2)cc(NC(=O)N(C)c2ncnc3[nH]ccc23)c1. The Hall–Kier alpha value is -5.40. The third kappa shape index (κ3) is 5.52. The van der Waals surface area contributed by atoms with E-state index in [-0.39, 0.29) is 28.4 Å². The lowest BCUT2D eigenvalue weighted by molar-refractivity contribution is -0.137.